The van der Waals surface area contributed by atoms with Crippen LogP contribution < -0.4 is 0 Å². The summed E-state index contributed by atoms with van der Waals surface area (Å²) in [6.07, 6.45) is 0.159. The van der Waals surface area contributed by atoms with Gasteiger partial charge in [0.15, 0.2) is 0 Å². The zero-order valence-corrected chi connectivity index (χ0v) is 10.4. The molecule has 0 aromatic carbocycles. The van der Waals surface area contributed by atoms with Gasteiger partial charge < -0.3 is 0 Å². The Morgan fingerprint density at radius 1 is 1.29 bits per heavy atom. The highest BCUT2D eigenvalue weighted by Gasteiger charge is 2.28. The Bertz CT molecular complexity index is 200. The first kappa shape index (κ1) is 14.2. The zero-order valence-electron chi connectivity index (χ0n) is 8.46. The average molecular weight is 248 g/mol. The molecule has 0 bridgehead atoms. The van der Waals surface area contributed by atoms with Crippen LogP contribution in [-0.2, 0) is 18.1 Å². The Morgan fingerprint density at radius 2 is 1.79 bits per heavy atom. The maximum absolute atomic E-state index is 12.5. The van der Waals surface area contributed by atoms with Crippen LogP contribution in [-0.4, -0.2) is 29.6 Å². The maximum atomic E-state index is 12.5. The van der Waals surface area contributed by atoms with Crippen LogP contribution in [0.15, 0.2) is 0 Å². The highest BCUT2D eigenvalue weighted by molar-refractivity contribution is 7.48. The highest BCUT2D eigenvalue weighted by atomic mass is 31.2. The Labute approximate surface area is 83.5 Å². The smallest absolute Gasteiger partial charge is 0.290 e. The Morgan fingerprint density at radius 3 is 2.14 bits per heavy atom. The van der Waals surface area contributed by atoms with E-state index in [4.69, 9.17) is 4.52 Å². The number of halogens is 2. The van der Waals surface area contributed by atoms with E-state index in [1.165, 1.54) is 14.2 Å². The summed E-state index contributed by atoms with van der Waals surface area (Å²) in [5.41, 5.74) is 0. The molecule has 14 heavy (non-hydrogen) atoms. The normalized spacial score (nSPS) is 13.2. The second-order valence-electron chi connectivity index (χ2n) is 2.82. The summed E-state index contributed by atoms with van der Waals surface area (Å²) >= 11 is 0. The summed E-state index contributed by atoms with van der Waals surface area (Å²) in [5.74, 6) is 0. The molecule has 0 spiro atoms. The van der Waals surface area contributed by atoms with Crippen molar-refractivity contribution < 1.29 is 26.4 Å². The molecule has 0 fully saturated rings. The molecule has 0 unspecified atom stereocenters. The van der Waals surface area contributed by atoms with Crippen LogP contribution in [0, 0.1) is 0 Å². The van der Waals surface area contributed by atoms with Crippen LogP contribution in [0.2, 0.25) is 12.6 Å². The molecule has 0 amide bonds. The lowest BCUT2D eigenvalue weighted by atomic mass is 10.5. The minimum Gasteiger partial charge on any atom is -0.290 e. The van der Waals surface area contributed by atoms with Crippen LogP contribution in [0.25, 0.3) is 0 Å². The lowest BCUT2D eigenvalue weighted by Crippen LogP contribution is -2.16. The molecule has 0 radical (unpaired) electrons. The van der Waals surface area contributed by atoms with E-state index in [0.717, 1.165) is 6.55 Å². The van der Waals surface area contributed by atoms with Crippen LogP contribution in [0.5, 0.6) is 0 Å². The van der Waals surface area contributed by atoms with Crippen molar-refractivity contribution in [1.29, 1.82) is 0 Å². The quantitative estimate of drug-likeness (QED) is 0.301. The molecular weight excluding hydrogens is 233 g/mol. The van der Waals surface area contributed by atoms with Gasteiger partial charge in [-0.3, -0.25) is 21.8 Å². The minimum atomic E-state index is -4.03. The van der Waals surface area contributed by atoms with Gasteiger partial charge in [0.1, 0.15) is 0 Å². The number of rotatable bonds is 7. The monoisotopic (exact) mass is 248 g/mol. The van der Waals surface area contributed by atoms with Crippen molar-refractivity contribution >= 4 is 16.6 Å². The lowest BCUT2D eigenvalue weighted by molar-refractivity contribution is 0.152. The highest BCUT2D eigenvalue weighted by Crippen LogP contribution is 2.47. The first-order valence-electron chi connectivity index (χ1n) is 4.07. The number of phosphoric acid groups is 1. The van der Waals surface area contributed by atoms with E-state index in [9.17, 15) is 12.8 Å². The molecule has 0 saturated heterocycles. The van der Waals surface area contributed by atoms with Gasteiger partial charge in [0.25, 0.3) is 0 Å². The van der Waals surface area contributed by atoms with Gasteiger partial charge in [-0.25, -0.2) is 4.57 Å². The van der Waals surface area contributed by atoms with Crippen molar-refractivity contribution in [3.8, 4) is 0 Å². The SMILES string of the molecule is COP(=O)(OC)OCCC[Si](C)(F)F. The third-order valence-electron chi connectivity index (χ3n) is 1.46. The summed E-state index contributed by atoms with van der Waals surface area (Å²) in [6, 6.07) is -0.180. The fraction of sp³-hybridized carbons (Fsp3) is 1.00. The van der Waals surface area contributed by atoms with E-state index in [0.29, 0.717) is 0 Å². The van der Waals surface area contributed by atoms with Crippen molar-refractivity contribution in [2.24, 2.45) is 0 Å². The largest absolute Gasteiger partial charge is 0.474 e. The van der Waals surface area contributed by atoms with Crippen LogP contribution in [0.4, 0.5) is 8.22 Å². The molecule has 0 rings (SSSR count). The molecule has 0 saturated carbocycles. The molecule has 0 heterocycles. The Balaban J connectivity index is 3.69. The summed E-state index contributed by atoms with van der Waals surface area (Å²) in [4.78, 5) is 0. The molecule has 86 valence electrons. The predicted octanol–water partition coefficient (Wildman–Crippen LogP) is 2.81. The summed E-state index contributed by atoms with van der Waals surface area (Å²) < 4.78 is 49.8. The second kappa shape index (κ2) is 5.92. The van der Waals surface area contributed by atoms with Gasteiger partial charge in [0.2, 0.25) is 0 Å². The predicted molar refractivity (Wildman–Crippen MR) is 50.8 cm³/mol. The topological polar surface area (TPSA) is 44.8 Å². The third kappa shape index (κ3) is 6.61. The van der Waals surface area contributed by atoms with Gasteiger partial charge in [0.05, 0.1) is 6.61 Å². The maximum Gasteiger partial charge on any atom is 0.474 e. The molecule has 0 aliphatic heterocycles. The summed E-state index contributed by atoms with van der Waals surface area (Å²) in [7, 11) is -5.17. The fourth-order valence-electron chi connectivity index (χ4n) is 0.739. The van der Waals surface area contributed by atoms with E-state index in [2.05, 4.69) is 9.05 Å². The van der Waals surface area contributed by atoms with Gasteiger partial charge in [-0.05, 0) is 13.0 Å². The summed E-state index contributed by atoms with van der Waals surface area (Å²) in [5, 5.41) is 0. The molecule has 0 atom stereocenters. The molecule has 0 aromatic heterocycles. The molecule has 0 aliphatic carbocycles. The van der Waals surface area contributed by atoms with E-state index >= 15 is 0 Å². The standard InChI is InChI=1S/C6H15F2O4PSi/c1-10-13(9,11-2)12-5-4-6-14(3,7)8/h4-6H2,1-3H3. The molecule has 8 heteroatoms. The van der Waals surface area contributed by atoms with E-state index in [1.807, 2.05) is 0 Å². The van der Waals surface area contributed by atoms with Crippen LogP contribution in [0.1, 0.15) is 6.42 Å². The number of hydrogen-bond acceptors (Lipinski definition) is 4. The lowest BCUT2D eigenvalue weighted by Gasteiger charge is -2.13. The first-order valence-corrected chi connectivity index (χ1v) is 7.99. The van der Waals surface area contributed by atoms with Crippen LogP contribution in [0.3, 0.4) is 0 Å². The van der Waals surface area contributed by atoms with Gasteiger partial charge >= 0.3 is 16.6 Å². The van der Waals surface area contributed by atoms with Gasteiger partial charge in [-0.2, -0.15) is 0 Å². The van der Waals surface area contributed by atoms with E-state index in [-0.39, 0.29) is 19.1 Å². The number of hydrogen-bond donors (Lipinski definition) is 0. The molecule has 0 N–H and O–H groups in total. The Kier molecular flexibility index (Phi) is 6.00. The van der Waals surface area contributed by atoms with E-state index in [1.54, 1.807) is 0 Å². The fourth-order valence-corrected chi connectivity index (χ4v) is 2.22. The van der Waals surface area contributed by atoms with Gasteiger partial charge in [-0.1, -0.05) is 0 Å². The Hall–Kier alpha value is 0.187. The molecule has 0 aliphatic rings. The van der Waals surface area contributed by atoms with Crippen molar-refractivity contribution in [2.75, 3.05) is 20.8 Å². The molecule has 0 aromatic rings. The minimum absolute atomic E-state index is 0.0462. The van der Waals surface area contributed by atoms with Gasteiger partial charge in [-0.15, -0.1) is 0 Å². The summed E-state index contributed by atoms with van der Waals surface area (Å²) in [6.45, 7) is 0.911. The van der Waals surface area contributed by atoms with Crippen molar-refractivity contribution in [2.45, 2.75) is 19.0 Å². The zero-order chi connectivity index (χ0) is 11.2. The van der Waals surface area contributed by atoms with Crippen molar-refractivity contribution in [3.05, 3.63) is 0 Å². The van der Waals surface area contributed by atoms with E-state index < -0.39 is 16.6 Å². The second-order valence-corrected chi connectivity index (χ2v) is 7.34. The first-order chi connectivity index (χ1) is 6.33. The molecule has 4 nitrogen and oxygen atoms in total. The van der Waals surface area contributed by atoms with Crippen molar-refractivity contribution in [3.63, 3.8) is 0 Å². The van der Waals surface area contributed by atoms with Crippen molar-refractivity contribution in [1.82, 2.24) is 0 Å². The third-order valence-corrected chi connectivity index (χ3v) is 4.08. The van der Waals surface area contributed by atoms with Crippen LogP contribution >= 0.6 is 7.82 Å². The van der Waals surface area contributed by atoms with Gasteiger partial charge in [0, 0.05) is 20.3 Å². The molecular formula is C6H15F2O4PSi. The number of phosphoric ester groups is 1. The average Bonchev–Trinajstić information content (AvgIpc) is 2.11.